The third-order valence-electron chi connectivity index (χ3n) is 3.10. The van der Waals surface area contributed by atoms with E-state index in [2.05, 4.69) is 20.7 Å². The van der Waals surface area contributed by atoms with Crippen LogP contribution in [-0.2, 0) is 10.0 Å². The summed E-state index contributed by atoms with van der Waals surface area (Å²) in [6, 6.07) is 12.7. The third kappa shape index (κ3) is 4.56. The van der Waals surface area contributed by atoms with Gasteiger partial charge in [-0.3, -0.25) is 0 Å². The maximum absolute atomic E-state index is 12.2. The monoisotopic (exact) mass is 383 g/mol. The van der Waals surface area contributed by atoms with Crippen LogP contribution < -0.4 is 9.46 Å². The molecule has 0 saturated carbocycles. The highest BCUT2D eigenvalue weighted by Crippen LogP contribution is 2.17. The number of halogens is 1. The van der Waals surface area contributed by atoms with E-state index in [1.54, 1.807) is 19.1 Å². The van der Waals surface area contributed by atoms with Gasteiger partial charge in [-0.05, 0) is 49.7 Å². The van der Waals surface area contributed by atoms with Crippen LogP contribution in [0.15, 0.2) is 51.8 Å². The van der Waals surface area contributed by atoms with Crippen molar-refractivity contribution in [3.05, 3.63) is 58.1 Å². The second kappa shape index (κ2) is 7.26. The van der Waals surface area contributed by atoms with Crippen molar-refractivity contribution >= 4 is 26.0 Å². The van der Waals surface area contributed by atoms with Gasteiger partial charge in [0.05, 0.1) is 4.90 Å². The van der Waals surface area contributed by atoms with Gasteiger partial charge in [-0.25, -0.2) is 13.1 Å². The maximum atomic E-state index is 12.2. The summed E-state index contributed by atoms with van der Waals surface area (Å²) in [5.41, 5.74) is 1.77. The third-order valence-corrected chi connectivity index (χ3v) is 5.25. The second-order valence-corrected chi connectivity index (χ2v) is 7.62. The molecule has 0 aliphatic carbocycles. The number of aryl methyl sites for hydroxylation is 2. The zero-order valence-corrected chi connectivity index (χ0v) is 14.9. The largest absolute Gasteiger partial charge is 0.492 e. The zero-order chi connectivity index (χ0) is 16.2. The molecule has 0 amide bonds. The molecule has 2 aromatic rings. The van der Waals surface area contributed by atoms with E-state index < -0.39 is 10.0 Å². The summed E-state index contributed by atoms with van der Waals surface area (Å²) >= 11 is 3.34. The Balaban J connectivity index is 1.91. The van der Waals surface area contributed by atoms with E-state index in [4.69, 9.17) is 4.74 Å². The van der Waals surface area contributed by atoms with Crippen LogP contribution in [0.1, 0.15) is 11.1 Å². The van der Waals surface area contributed by atoms with E-state index in [-0.39, 0.29) is 13.2 Å². The topological polar surface area (TPSA) is 55.4 Å². The van der Waals surface area contributed by atoms with Crippen molar-refractivity contribution in [3.8, 4) is 5.75 Å². The minimum absolute atomic E-state index is 0.214. The first-order valence-corrected chi connectivity index (χ1v) is 9.11. The molecule has 0 fully saturated rings. The standard InChI is InChI=1S/C16H18BrNO3S/c1-12-3-8-16(13(2)11-12)22(19,20)18-9-10-21-15-6-4-14(17)5-7-15/h3-8,11,18H,9-10H2,1-2H3. The van der Waals surface area contributed by atoms with Gasteiger partial charge in [0, 0.05) is 11.0 Å². The van der Waals surface area contributed by atoms with Gasteiger partial charge in [-0.1, -0.05) is 33.6 Å². The van der Waals surface area contributed by atoms with Crippen molar-refractivity contribution in [1.29, 1.82) is 0 Å². The zero-order valence-electron chi connectivity index (χ0n) is 12.5. The molecule has 0 spiro atoms. The van der Waals surface area contributed by atoms with Crippen LogP contribution in [0.3, 0.4) is 0 Å². The van der Waals surface area contributed by atoms with E-state index >= 15 is 0 Å². The van der Waals surface area contributed by atoms with E-state index in [1.807, 2.05) is 37.3 Å². The number of rotatable bonds is 6. The van der Waals surface area contributed by atoms with Gasteiger partial charge in [-0.2, -0.15) is 0 Å². The summed E-state index contributed by atoms with van der Waals surface area (Å²) in [5, 5.41) is 0. The minimum Gasteiger partial charge on any atom is -0.492 e. The molecule has 2 rings (SSSR count). The fraction of sp³-hybridized carbons (Fsp3) is 0.250. The molecule has 0 aromatic heterocycles. The molecule has 0 unspecified atom stereocenters. The summed E-state index contributed by atoms with van der Waals surface area (Å²) in [7, 11) is -3.51. The highest BCUT2D eigenvalue weighted by atomic mass is 79.9. The van der Waals surface area contributed by atoms with E-state index in [1.165, 1.54) is 0 Å². The van der Waals surface area contributed by atoms with Gasteiger partial charge in [0.1, 0.15) is 12.4 Å². The van der Waals surface area contributed by atoms with Crippen LogP contribution in [0.25, 0.3) is 0 Å². The fourth-order valence-corrected chi connectivity index (χ4v) is 3.56. The van der Waals surface area contributed by atoms with E-state index in [0.717, 1.165) is 15.6 Å². The van der Waals surface area contributed by atoms with Gasteiger partial charge >= 0.3 is 0 Å². The van der Waals surface area contributed by atoms with Crippen molar-refractivity contribution < 1.29 is 13.2 Å². The molecule has 2 aromatic carbocycles. The highest BCUT2D eigenvalue weighted by Gasteiger charge is 2.15. The Morgan fingerprint density at radius 1 is 1.09 bits per heavy atom. The van der Waals surface area contributed by atoms with Crippen molar-refractivity contribution in [2.45, 2.75) is 18.7 Å². The molecule has 6 heteroatoms. The van der Waals surface area contributed by atoms with Crippen LogP contribution in [0.5, 0.6) is 5.75 Å². The number of ether oxygens (including phenoxy) is 1. The fourth-order valence-electron chi connectivity index (χ4n) is 2.05. The van der Waals surface area contributed by atoms with Crippen LogP contribution in [0.2, 0.25) is 0 Å². The SMILES string of the molecule is Cc1ccc(S(=O)(=O)NCCOc2ccc(Br)cc2)c(C)c1. The lowest BCUT2D eigenvalue weighted by Crippen LogP contribution is -2.28. The molecule has 0 heterocycles. The van der Waals surface area contributed by atoms with E-state index in [0.29, 0.717) is 10.6 Å². The molecule has 4 nitrogen and oxygen atoms in total. The van der Waals surface area contributed by atoms with Gasteiger partial charge in [0.25, 0.3) is 0 Å². The lowest BCUT2D eigenvalue weighted by atomic mass is 10.2. The number of hydrogen-bond donors (Lipinski definition) is 1. The Hall–Kier alpha value is -1.37. The molecule has 0 aliphatic heterocycles. The Labute approximate surface area is 139 Å². The lowest BCUT2D eigenvalue weighted by Gasteiger charge is -2.11. The van der Waals surface area contributed by atoms with Crippen LogP contribution in [0.4, 0.5) is 0 Å². The molecule has 0 bridgehead atoms. The first-order valence-electron chi connectivity index (χ1n) is 6.84. The number of sulfonamides is 1. The van der Waals surface area contributed by atoms with Crippen LogP contribution in [-0.4, -0.2) is 21.6 Å². The van der Waals surface area contributed by atoms with Gasteiger partial charge < -0.3 is 4.74 Å². The summed E-state index contributed by atoms with van der Waals surface area (Å²) in [5.74, 6) is 0.703. The maximum Gasteiger partial charge on any atom is 0.240 e. The minimum atomic E-state index is -3.51. The quantitative estimate of drug-likeness (QED) is 0.777. The highest BCUT2D eigenvalue weighted by molar-refractivity contribution is 9.10. The summed E-state index contributed by atoms with van der Waals surface area (Å²) < 4.78 is 33.5. The van der Waals surface area contributed by atoms with Gasteiger partial charge in [0.15, 0.2) is 0 Å². The van der Waals surface area contributed by atoms with Crippen LogP contribution >= 0.6 is 15.9 Å². The molecular weight excluding hydrogens is 366 g/mol. The summed E-state index contributed by atoms with van der Waals surface area (Å²) in [6.45, 7) is 4.21. The average Bonchev–Trinajstić information content (AvgIpc) is 2.45. The molecule has 1 N–H and O–H groups in total. The average molecular weight is 384 g/mol. The van der Waals surface area contributed by atoms with Crippen molar-refractivity contribution in [3.63, 3.8) is 0 Å². The Bertz CT molecular complexity index is 742. The van der Waals surface area contributed by atoms with Gasteiger partial charge in [0.2, 0.25) is 10.0 Å². The summed E-state index contributed by atoms with van der Waals surface area (Å²) in [6.07, 6.45) is 0. The Kier molecular flexibility index (Phi) is 5.61. The van der Waals surface area contributed by atoms with E-state index in [9.17, 15) is 8.42 Å². The van der Waals surface area contributed by atoms with Gasteiger partial charge in [-0.15, -0.1) is 0 Å². The molecule has 0 atom stereocenters. The first kappa shape index (κ1) is 17.0. The van der Waals surface area contributed by atoms with Crippen LogP contribution in [0, 0.1) is 13.8 Å². The predicted molar refractivity (Wildman–Crippen MR) is 90.7 cm³/mol. The molecular formula is C16H18BrNO3S. The number of hydrogen-bond acceptors (Lipinski definition) is 3. The summed E-state index contributed by atoms with van der Waals surface area (Å²) in [4.78, 5) is 0.307. The molecule has 0 aliphatic rings. The molecule has 22 heavy (non-hydrogen) atoms. The van der Waals surface area contributed by atoms with Crippen molar-refractivity contribution in [1.82, 2.24) is 4.72 Å². The number of benzene rings is 2. The lowest BCUT2D eigenvalue weighted by molar-refractivity contribution is 0.323. The number of nitrogens with one attached hydrogen (secondary N) is 1. The molecule has 0 radical (unpaired) electrons. The van der Waals surface area contributed by atoms with Crippen molar-refractivity contribution in [2.75, 3.05) is 13.2 Å². The van der Waals surface area contributed by atoms with Crippen molar-refractivity contribution in [2.24, 2.45) is 0 Å². The molecule has 118 valence electrons. The molecule has 0 saturated heterocycles. The Morgan fingerprint density at radius 3 is 2.41 bits per heavy atom. The Morgan fingerprint density at radius 2 is 1.77 bits per heavy atom. The predicted octanol–water partition coefficient (Wildman–Crippen LogP) is 3.42. The first-order chi connectivity index (χ1) is 10.4. The smallest absolute Gasteiger partial charge is 0.240 e. The second-order valence-electron chi connectivity index (χ2n) is 4.97. The normalized spacial score (nSPS) is 11.4.